The first-order valence-electron chi connectivity index (χ1n) is 9.31. The van der Waals surface area contributed by atoms with Gasteiger partial charge in [-0.25, -0.2) is 4.39 Å². The lowest BCUT2D eigenvalue weighted by molar-refractivity contribution is -0.116. The van der Waals surface area contributed by atoms with Crippen LogP contribution in [-0.4, -0.2) is 44.2 Å². The number of carbonyl (C=O) groups excluding carboxylic acids is 1. The quantitative estimate of drug-likeness (QED) is 0.746. The molecule has 6 heteroatoms. The Morgan fingerprint density at radius 1 is 1.18 bits per heavy atom. The molecule has 148 valence electrons. The van der Waals surface area contributed by atoms with Gasteiger partial charge >= 0.3 is 0 Å². The van der Waals surface area contributed by atoms with Crippen LogP contribution in [0, 0.1) is 5.82 Å². The Morgan fingerprint density at radius 3 is 2.57 bits per heavy atom. The third-order valence-corrected chi connectivity index (χ3v) is 4.60. The van der Waals surface area contributed by atoms with Crippen LogP contribution in [0.2, 0.25) is 0 Å². The summed E-state index contributed by atoms with van der Waals surface area (Å²) in [4.78, 5) is 14.4. The van der Waals surface area contributed by atoms with Crippen LogP contribution in [0.25, 0.3) is 6.08 Å². The van der Waals surface area contributed by atoms with E-state index in [2.05, 4.69) is 22.3 Å². The van der Waals surface area contributed by atoms with Crippen LogP contribution >= 0.6 is 0 Å². The second-order valence-corrected chi connectivity index (χ2v) is 6.65. The second kappa shape index (κ2) is 10.0. The number of benzene rings is 2. The van der Waals surface area contributed by atoms with E-state index < -0.39 is 5.82 Å². The number of hydrogen-bond acceptors (Lipinski definition) is 4. The van der Waals surface area contributed by atoms with Crippen molar-refractivity contribution < 1.29 is 18.7 Å². The zero-order valence-electron chi connectivity index (χ0n) is 16.0. The maximum atomic E-state index is 13.7. The van der Waals surface area contributed by atoms with Gasteiger partial charge in [0.05, 0.1) is 20.3 Å². The Labute approximate surface area is 164 Å². The number of nitrogens with zero attached hydrogens (tertiary/aromatic N) is 1. The number of amides is 1. The fourth-order valence-electron chi connectivity index (χ4n) is 2.99. The molecular formula is C22H25FN2O3. The minimum Gasteiger partial charge on any atom is -0.494 e. The minimum atomic E-state index is -0.456. The van der Waals surface area contributed by atoms with Crippen LogP contribution in [0.4, 0.5) is 4.39 Å². The normalized spacial score (nSPS) is 14.9. The zero-order chi connectivity index (χ0) is 19.8. The lowest BCUT2D eigenvalue weighted by Gasteiger charge is -2.26. The minimum absolute atomic E-state index is 0.179. The topological polar surface area (TPSA) is 50.8 Å². The summed E-state index contributed by atoms with van der Waals surface area (Å²) in [6.45, 7) is 4.86. The van der Waals surface area contributed by atoms with Crippen molar-refractivity contribution in [3.05, 3.63) is 71.0 Å². The first kappa shape index (κ1) is 20.0. The number of hydrogen-bond donors (Lipinski definition) is 1. The molecule has 0 radical (unpaired) electrons. The van der Waals surface area contributed by atoms with Crippen molar-refractivity contribution in [1.82, 2.24) is 10.2 Å². The molecule has 0 unspecified atom stereocenters. The third-order valence-electron chi connectivity index (χ3n) is 4.60. The molecule has 2 aromatic carbocycles. The van der Waals surface area contributed by atoms with Gasteiger partial charge < -0.3 is 14.8 Å². The zero-order valence-corrected chi connectivity index (χ0v) is 16.0. The Morgan fingerprint density at radius 2 is 1.89 bits per heavy atom. The van der Waals surface area contributed by atoms with Crippen LogP contribution in [0.1, 0.15) is 16.7 Å². The van der Waals surface area contributed by atoms with Crippen molar-refractivity contribution in [2.75, 3.05) is 33.4 Å². The van der Waals surface area contributed by atoms with Crippen LogP contribution in [0.5, 0.6) is 5.75 Å². The predicted octanol–water partition coefficient (Wildman–Crippen LogP) is 3.00. The Hall–Kier alpha value is -2.70. The fraction of sp³-hybridized carbons (Fsp3) is 0.318. The largest absolute Gasteiger partial charge is 0.494 e. The van der Waals surface area contributed by atoms with Crippen molar-refractivity contribution in [2.45, 2.75) is 13.1 Å². The molecule has 0 atom stereocenters. The average molecular weight is 384 g/mol. The highest BCUT2D eigenvalue weighted by atomic mass is 19.1. The van der Waals surface area contributed by atoms with Crippen molar-refractivity contribution >= 4 is 12.0 Å². The van der Waals surface area contributed by atoms with Gasteiger partial charge in [0.25, 0.3) is 0 Å². The molecule has 0 aliphatic carbocycles. The molecule has 2 aromatic rings. The first-order chi connectivity index (χ1) is 13.6. The summed E-state index contributed by atoms with van der Waals surface area (Å²) in [5.74, 6) is -0.505. The molecule has 1 saturated heterocycles. The van der Waals surface area contributed by atoms with Gasteiger partial charge in [0.15, 0.2) is 11.6 Å². The van der Waals surface area contributed by atoms with E-state index in [1.165, 1.54) is 30.9 Å². The number of halogens is 1. The van der Waals surface area contributed by atoms with Gasteiger partial charge in [-0.15, -0.1) is 0 Å². The molecular weight excluding hydrogens is 359 g/mol. The lowest BCUT2D eigenvalue weighted by atomic mass is 10.1. The Kier molecular flexibility index (Phi) is 7.17. The summed E-state index contributed by atoms with van der Waals surface area (Å²) >= 11 is 0. The van der Waals surface area contributed by atoms with E-state index in [-0.39, 0.29) is 11.7 Å². The Bertz CT molecular complexity index is 815. The van der Waals surface area contributed by atoms with Crippen molar-refractivity contribution in [3.8, 4) is 5.75 Å². The highest BCUT2D eigenvalue weighted by molar-refractivity contribution is 5.91. The van der Waals surface area contributed by atoms with Gasteiger partial charge in [-0.05, 0) is 34.9 Å². The van der Waals surface area contributed by atoms with Gasteiger partial charge in [-0.1, -0.05) is 30.3 Å². The average Bonchev–Trinajstić information content (AvgIpc) is 2.72. The fourth-order valence-corrected chi connectivity index (χ4v) is 2.99. The third kappa shape index (κ3) is 5.90. The van der Waals surface area contributed by atoms with Crippen molar-refractivity contribution in [2.24, 2.45) is 0 Å². The van der Waals surface area contributed by atoms with Gasteiger partial charge in [-0.3, -0.25) is 9.69 Å². The molecule has 0 bridgehead atoms. The number of ether oxygens (including phenoxy) is 2. The van der Waals surface area contributed by atoms with Crippen molar-refractivity contribution in [3.63, 3.8) is 0 Å². The molecule has 1 aliphatic rings. The van der Waals surface area contributed by atoms with E-state index >= 15 is 0 Å². The number of morpholine rings is 1. The SMILES string of the molecule is COc1ccc(/C=C/C(=O)NCc2ccc(CN3CCOCC3)cc2)cc1F. The summed E-state index contributed by atoms with van der Waals surface area (Å²) < 4.78 is 23.9. The molecule has 3 rings (SSSR count). The molecule has 1 fully saturated rings. The Balaban J connectivity index is 1.46. The summed E-state index contributed by atoms with van der Waals surface area (Å²) in [5, 5.41) is 2.84. The highest BCUT2D eigenvalue weighted by Crippen LogP contribution is 2.18. The van der Waals surface area contributed by atoms with E-state index in [0.717, 1.165) is 38.4 Å². The predicted molar refractivity (Wildman–Crippen MR) is 106 cm³/mol. The van der Waals surface area contributed by atoms with Crippen LogP contribution < -0.4 is 10.1 Å². The number of nitrogens with one attached hydrogen (secondary N) is 1. The van der Waals surface area contributed by atoms with Gasteiger partial charge in [0.2, 0.25) is 5.91 Å². The summed E-state index contributed by atoms with van der Waals surface area (Å²) in [7, 11) is 1.41. The van der Waals surface area contributed by atoms with Gasteiger partial charge in [-0.2, -0.15) is 0 Å². The standard InChI is InChI=1S/C22H25FN2O3/c1-27-21-8-6-17(14-20(21)23)7-9-22(26)24-15-18-2-4-19(5-3-18)16-25-10-12-28-13-11-25/h2-9,14H,10-13,15-16H2,1H3,(H,24,26)/b9-7+. The molecule has 0 spiro atoms. The highest BCUT2D eigenvalue weighted by Gasteiger charge is 2.10. The number of rotatable bonds is 7. The van der Waals surface area contributed by atoms with Crippen LogP contribution in [0.3, 0.4) is 0 Å². The van der Waals surface area contributed by atoms with Crippen LogP contribution in [-0.2, 0) is 22.6 Å². The van der Waals surface area contributed by atoms with E-state index in [1.54, 1.807) is 12.1 Å². The monoisotopic (exact) mass is 384 g/mol. The van der Waals surface area contributed by atoms with E-state index in [0.29, 0.717) is 12.1 Å². The number of methoxy groups -OCH3 is 1. The molecule has 0 aromatic heterocycles. The summed E-state index contributed by atoms with van der Waals surface area (Å²) in [5.41, 5.74) is 2.88. The van der Waals surface area contributed by atoms with Gasteiger partial charge in [0, 0.05) is 32.3 Å². The molecule has 0 saturated carbocycles. The van der Waals surface area contributed by atoms with E-state index in [1.807, 2.05) is 12.1 Å². The van der Waals surface area contributed by atoms with E-state index in [9.17, 15) is 9.18 Å². The smallest absolute Gasteiger partial charge is 0.244 e. The first-order valence-corrected chi connectivity index (χ1v) is 9.31. The molecule has 28 heavy (non-hydrogen) atoms. The molecule has 1 heterocycles. The molecule has 1 aliphatic heterocycles. The van der Waals surface area contributed by atoms with E-state index in [4.69, 9.17) is 9.47 Å². The maximum absolute atomic E-state index is 13.7. The molecule has 5 nitrogen and oxygen atoms in total. The van der Waals surface area contributed by atoms with Crippen LogP contribution in [0.15, 0.2) is 48.5 Å². The van der Waals surface area contributed by atoms with Gasteiger partial charge in [0.1, 0.15) is 0 Å². The molecule has 1 amide bonds. The summed E-state index contributed by atoms with van der Waals surface area (Å²) in [6, 6.07) is 12.8. The van der Waals surface area contributed by atoms with Crippen molar-refractivity contribution in [1.29, 1.82) is 0 Å². The summed E-state index contributed by atoms with van der Waals surface area (Å²) in [6.07, 6.45) is 2.97. The lowest BCUT2D eigenvalue weighted by Crippen LogP contribution is -2.35. The number of carbonyl (C=O) groups is 1. The molecule has 1 N–H and O–H groups in total. The maximum Gasteiger partial charge on any atom is 0.244 e. The second-order valence-electron chi connectivity index (χ2n) is 6.65.